The summed E-state index contributed by atoms with van der Waals surface area (Å²) >= 11 is 0. The van der Waals surface area contributed by atoms with E-state index < -0.39 is 0 Å². The fraction of sp³-hybridized carbons (Fsp3) is 0.562. The summed E-state index contributed by atoms with van der Waals surface area (Å²) in [7, 11) is 1.89. The smallest absolute Gasteiger partial charge is 0.260 e. The fourth-order valence-electron chi connectivity index (χ4n) is 2.87. The zero-order valence-electron chi connectivity index (χ0n) is 12.3. The Morgan fingerprint density at radius 3 is 2.60 bits per heavy atom. The van der Waals surface area contributed by atoms with E-state index in [1.165, 1.54) is 19.3 Å². The van der Waals surface area contributed by atoms with Crippen LogP contribution in [0, 0.1) is 5.92 Å². The third-order valence-electron chi connectivity index (χ3n) is 4.20. The molecule has 1 aliphatic rings. The van der Waals surface area contributed by atoms with Crippen LogP contribution in [0.15, 0.2) is 24.3 Å². The molecule has 110 valence electrons. The molecule has 20 heavy (non-hydrogen) atoms. The molecule has 2 rings (SSSR count). The molecule has 4 nitrogen and oxygen atoms in total. The van der Waals surface area contributed by atoms with Crippen LogP contribution in [-0.4, -0.2) is 30.5 Å². The lowest BCUT2D eigenvalue weighted by atomic mass is 9.85. The van der Waals surface area contributed by atoms with Gasteiger partial charge in [-0.25, -0.2) is 0 Å². The Hall–Kier alpha value is -1.71. The van der Waals surface area contributed by atoms with Gasteiger partial charge < -0.3 is 15.4 Å². The first-order chi connectivity index (χ1) is 9.58. The van der Waals surface area contributed by atoms with Gasteiger partial charge in [0, 0.05) is 18.8 Å². The molecule has 0 radical (unpaired) electrons. The number of nitrogens with two attached hydrogens (primary N) is 1. The average molecular weight is 276 g/mol. The molecule has 0 bridgehead atoms. The van der Waals surface area contributed by atoms with Crippen LogP contribution < -0.4 is 10.5 Å². The molecule has 1 amide bonds. The van der Waals surface area contributed by atoms with Gasteiger partial charge in [0.1, 0.15) is 5.75 Å². The van der Waals surface area contributed by atoms with Crippen molar-refractivity contribution < 1.29 is 9.53 Å². The van der Waals surface area contributed by atoms with Gasteiger partial charge in [0.2, 0.25) is 0 Å². The second-order valence-electron chi connectivity index (χ2n) is 5.69. The van der Waals surface area contributed by atoms with E-state index in [1.807, 2.05) is 11.9 Å². The van der Waals surface area contributed by atoms with Crippen LogP contribution in [0.5, 0.6) is 5.75 Å². The number of ether oxygens (including phenoxy) is 1. The summed E-state index contributed by atoms with van der Waals surface area (Å²) < 4.78 is 5.52. The van der Waals surface area contributed by atoms with Crippen molar-refractivity contribution >= 4 is 11.6 Å². The summed E-state index contributed by atoms with van der Waals surface area (Å²) in [6, 6.07) is 7.46. The van der Waals surface area contributed by atoms with Crippen LogP contribution in [0.1, 0.15) is 32.6 Å². The lowest BCUT2D eigenvalue weighted by Gasteiger charge is -2.36. The second-order valence-corrected chi connectivity index (χ2v) is 5.69. The Bertz CT molecular complexity index is 444. The molecule has 0 heterocycles. The van der Waals surface area contributed by atoms with Crippen LogP contribution in [0.3, 0.4) is 0 Å². The van der Waals surface area contributed by atoms with Crippen LogP contribution >= 0.6 is 0 Å². The van der Waals surface area contributed by atoms with Gasteiger partial charge in [0.05, 0.1) is 0 Å². The van der Waals surface area contributed by atoms with Crippen molar-refractivity contribution in [2.24, 2.45) is 5.92 Å². The maximum absolute atomic E-state index is 12.2. The third-order valence-corrected chi connectivity index (χ3v) is 4.20. The molecule has 0 aromatic heterocycles. The van der Waals surface area contributed by atoms with E-state index in [0.29, 0.717) is 23.4 Å². The number of amides is 1. The number of likely N-dealkylation sites (N-methyl/N-ethyl adjacent to an activating group) is 1. The van der Waals surface area contributed by atoms with E-state index in [2.05, 4.69) is 6.92 Å². The standard InChI is InChI=1S/C16H24N2O2/c1-12-5-3-4-6-15(12)18(2)16(19)11-20-14-9-7-13(17)8-10-14/h7-10,12,15H,3-6,11,17H2,1-2H3. The second kappa shape index (κ2) is 6.64. The predicted molar refractivity (Wildman–Crippen MR) is 80.5 cm³/mol. The van der Waals surface area contributed by atoms with Gasteiger partial charge in [-0.05, 0) is 43.0 Å². The highest BCUT2D eigenvalue weighted by atomic mass is 16.5. The van der Waals surface area contributed by atoms with Gasteiger partial charge in [-0.1, -0.05) is 19.8 Å². The highest BCUT2D eigenvalue weighted by Gasteiger charge is 2.27. The summed E-state index contributed by atoms with van der Waals surface area (Å²) in [4.78, 5) is 14.1. The first-order valence-electron chi connectivity index (χ1n) is 7.32. The van der Waals surface area contributed by atoms with Crippen molar-refractivity contribution in [3.8, 4) is 5.75 Å². The van der Waals surface area contributed by atoms with Crippen LogP contribution in [-0.2, 0) is 4.79 Å². The van der Waals surface area contributed by atoms with Crippen molar-refractivity contribution in [2.75, 3.05) is 19.4 Å². The molecule has 2 atom stereocenters. The van der Waals surface area contributed by atoms with Gasteiger partial charge >= 0.3 is 0 Å². The van der Waals surface area contributed by atoms with Crippen LogP contribution in [0.25, 0.3) is 0 Å². The van der Waals surface area contributed by atoms with Crippen molar-refractivity contribution in [2.45, 2.75) is 38.6 Å². The predicted octanol–water partition coefficient (Wildman–Crippen LogP) is 2.68. The van der Waals surface area contributed by atoms with Crippen molar-refractivity contribution in [3.63, 3.8) is 0 Å². The molecular formula is C16H24N2O2. The average Bonchev–Trinajstić information content (AvgIpc) is 2.46. The number of nitrogens with zero attached hydrogens (tertiary/aromatic N) is 1. The summed E-state index contributed by atoms with van der Waals surface area (Å²) in [6.45, 7) is 2.32. The van der Waals surface area contributed by atoms with Gasteiger partial charge in [0.15, 0.2) is 6.61 Å². The van der Waals surface area contributed by atoms with Crippen LogP contribution in [0.4, 0.5) is 5.69 Å². The number of benzene rings is 1. The minimum Gasteiger partial charge on any atom is -0.484 e. The number of carbonyl (C=O) groups excluding carboxylic acids is 1. The number of carbonyl (C=O) groups is 1. The molecule has 4 heteroatoms. The fourth-order valence-corrected chi connectivity index (χ4v) is 2.87. The van der Waals surface area contributed by atoms with E-state index in [1.54, 1.807) is 24.3 Å². The topological polar surface area (TPSA) is 55.6 Å². The minimum atomic E-state index is 0.0422. The summed E-state index contributed by atoms with van der Waals surface area (Å²) in [5, 5.41) is 0. The number of anilines is 1. The summed E-state index contributed by atoms with van der Waals surface area (Å²) in [6.07, 6.45) is 4.81. The number of nitrogen functional groups attached to an aromatic ring is 1. The van der Waals surface area contributed by atoms with E-state index in [4.69, 9.17) is 10.5 Å². The highest BCUT2D eigenvalue weighted by Crippen LogP contribution is 2.27. The molecular weight excluding hydrogens is 252 g/mol. The van der Waals surface area contributed by atoms with Crippen molar-refractivity contribution in [3.05, 3.63) is 24.3 Å². The Morgan fingerprint density at radius 2 is 1.95 bits per heavy atom. The van der Waals surface area contributed by atoms with Gasteiger partial charge in [-0.2, -0.15) is 0 Å². The Morgan fingerprint density at radius 1 is 1.30 bits per heavy atom. The quantitative estimate of drug-likeness (QED) is 0.860. The number of rotatable bonds is 4. The Labute approximate surface area is 120 Å². The highest BCUT2D eigenvalue weighted by molar-refractivity contribution is 5.77. The molecule has 1 saturated carbocycles. The Balaban J connectivity index is 1.86. The first kappa shape index (κ1) is 14.7. The third kappa shape index (κ3) is 3.65. The van der Waals surface area contributed by atoms with E-state index in [9.17, 15) is 4.79 Å². The molecule has 0 saturated heterocycles. The summed E-state index contributed by atoms with van der Waals surface area (Å²) in [5.41, 5.74) is 6.30. The molecule has 0 aliphatic heterocycles. The normalized spacial score (nSPS) is 22.3. The maximum atomic E-state index is 12.2. The SMILES string of the molecule is CC1CCCCC1N(C)C(=O)COc1ccc(N)cc1. The van der Waals surface area contributed by atoms with Crippen molar-refractivity contribution in [1.29, 1.82) is 0 Å². The largest absolute Gasteiger partial charge is 0.484 e. The van der Waals surface area contributed by atoms with E-state index in [0.717, 1.165) is 6.42 Å². The van der Waals surface area contributed by atoms with Crippen molar-refractivity contribution in [1.82, 2.24) is 4.90 Å². The zero-order valence-corrected chi connectivity index (χ0v) is 12.3. The van der Waals surface area contributed by atoms with Gasteiger partial charge in [0.25, 0.3) is 5.91 Å². The molecule has 1 aromatic carbocycles. The molecule has 0 spiro atoms. The molecule has 2 unspecified atom stereocenters. The summed E-state index contributed by atoms with van der Waals surface area (Å²) in [5.74, 6) is 1.30. The lowest BCUT2D eigenvalue weighted by molar-refractivity contribution is -0.135. The lowest BCUT2D eigenvalue weighted by Crippen LogP contribution is -2.44. The molecule has 2 N–H and O–H groups in total. The molecule has 1 fully saturated rings. The molecule has 1 aliphatic carbocycles. The Kier molecular flexibility index (Phi) is 4.88. The monoisotopic (exact) mass is 276 g/mol. The van der Waals surface area contributed by atoms with Crippen LogP contribution in [0.2, 0.25) is 0 Å². The number of hydrogen-bond acceptors (Lipinski definition) is 3. The van der Waals surface area contributed by atoms with E-state index >= 15 is 0 Å². The molecule has 1 aromatic rings. The van der Waals surface area contributed by atoms with Gasteiger partial charge in [-0.3, -0.25) is 4.79 Å². The zero-order chi connectivity index (χ0) is 14.5. The number of hydrogen-bond donors (Lipinski definition) is 1. The maximum Gasteiger partial charge on any atom is 0.260 e. The minimum absolute atomic E-state index is 0.0422. The van der Waals surface area contributed by atoms with Gasteiger partial charge in [-0.15, -0.1) is 0 Å². The first-order valence-corrected chi connectivity index (χ1v) is 7.32. The van der Waals surface area contributed by atoms with E-state index in [-0.39, 0.29) is 12.5 Å².